The molecule has 2 fully saturated rings. The van der Waals surface area contributed by atoms with Gasteiger partial charge in [-0.05, 0) is 85.3 Å². The van der Waals surface area contributed by atoms with Gasteiger partial charge in [-0.25, -0.2) is 0 Å². The van der Waals surface area contributed by atoms with Crippen molar-refractivity contribution in [2.45, 2.75) is 50.7 Å². The minimum atomic E-state index is -0.589. The van der Waals surface area contributed by atoms with E-state index in [1.807, 2.05) is 55.6 Å². The number of benzene rings is 3. The van der Waals surface area contributed by atoms with Gasteiger partial charge in [0.05, 0.1) is 0 Å². The molecule has 0 spiro atoms. The van der Waals surface area contributed by atoms with Crippen molar-refractivity contribution in [1.29, 1.82) is 0 Å². The van der Waals surface area contributed by atoms with Crippen LogP contribution in [0.15, 0.2) is 72.8 Å². The van der Waals surface area contributed by atoms with Crippen molar-refractivity contribution in [3.63, 3.8) is 0 Å². The van der Waals surface area contributed by atoms with Gasteiger partial charge in [-0.3, -0.25) is 29.4 Å². The first kappa shape index (κ1) is 26.9. The molecule has 3 aromatic carbocycles. The van der Waals surface area contributed by atoms with E-state index in [4.69, 9.17) is 0 Å². The van der Waals surface area contributed by atoms with Crippen LogP contribution in [0.2, 0.25) is 0 Å². The van der Waals surface area contributed by atoms with Crippen molar-refractivity contribution in [3.05, 3.63) is 101 Å². The number of fused-ring (bicyclic) bond motifs is 1. The quantitative estimate of drug-likeness (QED) is 0.467. The van der Waals surface area contributed by atoms with Crippen molar-refractivity contribution in [2.24, 2.45) is 0 Å². The zero-order valence-electron chi connectivity index (χ0n) is 23.2. The summed E-state index contributed by atoms with van der Waals surface area (Å²) < 4.78 is 0. The topological polar surface area (TPSA) is 90.0 Å². The van der Waals surface area contributed by atoms with Gasteiger partial charge >= 0.3 is 0 Å². The Bertz CT molecular complexity index is 1500. The zero-order valence-corrected chi connectivity index (χ0v) is 23.2. The van der Waals surface area contributed by atoms with E-state index in [1.165, 1.54) is 11.1 Å². The molecular formula is C33H34N4O4. The number of piperidine rings is 2. The van der Waals surface area contributed by atoms with Crippen LogP contribution >= 0.6 is 0 Å². The Kier molecular flexibility index (Phi) is 7.41. The first-order valence-corrected chi connectivity index (χ1v) is 14.3. The van der Waals surface area contributed by atoms with Gasteiger partial charge in [-0.2, -0.15) is 0 Å². The van der Waals surface area contributed by atoms with E-state index < -0.39 is 6.04 Å². The lowest BCUT2D eigenvalue weighted by atomic mass is 9.87. The highest BCUT2D eigenvalue weighted by molar-refractivity contribution is 6.06. The third kappa shape index (κ3) is 5.52. The molecule has 3 aliphatic heterocycles. The Morgan fingerprint density at radius 2 is 1.71 bits per heavy atom. The molecule has 8 heteroatoms. The molecule has 0 radical (unpaired) electrons. The maximum atomic E-state index is 13.0. The molecule has 1 unspecified atom stereocenters. The lowest BCUT2D eigenvalue weighted by Gasteiger charge is -2.32. The molecule has 8 nitrogen and oxygen atoms in total. The summed E-state index contributed by atoms with van der Waals surface area (Å²) >= 11 is 0. The predicted octanol–water partition coefficient (Wildman–Crippen LogP) is 4.10. The summed E-state index contributed by atoms with van der Waals surface area (Å²) in [4.78, 5) is 55.6. The molecule has 2 saturated heterocycles. The standard InChI is InChI=1S/C33H34N4O4/c1-35(32(40)24-7-3-2-4-8-24)27-9-5-6-22(18-27)20-36-16-14-23(15-17-36)25-10-11-28-26(19-25)21-37(33(28)41)29-12-13-30(38)34-31(29)39/h2-11,18-19,23,29H,12-17,20-21H2,1H3,(H,34,38,39). The van der Waals surface area contributed by atoms with Gasteiger partial charge in [-0.1, -0.05) is 42.5 Å². The first-order valence-electron chi connectivity index (χ1n) is 14.3. The number of nitrogens with zero attached hydrogens (tertiary/aromatic N) is 3. The number of likely N-dealkylation sites (tertiary alicyclic amines) is 1. The van der Waals surface area contributed by atoms with Gasteiger partial charge in [0.1, 0.15) is 6.04 Å². The lowest BCUT2D eigenvalue weighted by molar-refractivity contribution is -0.136. The Balaban J connectivity index is 1.06. The summed E-state index contributed by atoms with van der Waals surface area (Å²) in [6.07, 6.45) is 2.68. The fraction of sp³-hybridized carbons (Fsp3) is 0.333. The smallest absolute Gasteiger partial charge is 0.258 e. The molecule has 3 aromatic rings. The number of carbonyl (C=O) groups is 4. The number of rotatable bonds is 6. The van der Waals surface area contributed by atoms with Crippen LogP contribution in [-0.4, -0.2) is 59.6 Å². The summed E-state index contributed by atoms with van der Waals surface area (Å²) in [5.41, 5.74) is 5.59. The molecule has 210 valence electrons. The number of imide groups is 1. The number of hydrogen-bond donors (Lipinski definition) is 1. The highest BCUT2D eigenvalue weighted by Gasteiger charge is 2.39. The van der Waals surface area contributed by atoms with Gasteiger partial charge in [0, 0.05) is 43.4 Å². The average Bonchev–Trinajstić information content (AvgIpc) is 3.32. The fourth-order valence-corrected chi connectivity index (χ4v) is 6.29. The molecule has 3 aliphatic rings. The van der Waals surface area contributed by atoms with Gasteiger partial charge in [0.25, 0.3) is 11.8 Å². The number of nitrogens with one attached hydrogen (secondary N) is 1. The van der Waals surface area contributed by atoms with Crippen molar-refractivity contribution >= 4 is 29.3 Å². The van der Waals surface area contributed by atoms with E-state index >= 15 is 0 Å². The van der Waals surface area contributed by atoms with E-state index in [1.54, 1.807) is 9.80 Å². The van der Waals surface area contributed by atoms with Crippen LogP contribution in [0.5, 0.6) is 0 Å². The predicted molar refractivity (Wildman–Crippen MR) is 155 cm³/mol. The Labute approximate surface area is 239 Å². The second kappa shape index (κ2) is 11.3. The Morgan fingerprint density at radius 1 is 0.927 bits per heavy atom. The molecular weight excluding hydrogens is 516 g/mol. The second-order valence-corrected chi connectivity index (χ2v) is 11.3. The number of carbonyl (C=O) groups excluding carboxylic acids is 4. The second-order valence-electron chi connectivity index (χ2n) is 11.3. The minimum Gasteiger partial charge on any atom is -0.322 e. The first-order chi connectivity index (χ1) is 19.9. The summed E-state index contributed by atoms with van der Waals surface area (Å²) in [7, 11) is 1.81. The highest BCUT2D eigenvalue weighted by Crippen LogP contribution is 2.34. The van der Waals surface area contributed by atoms with Crippen LogP contribution in [0.1, 0.15) is 69.0 Å². The molecule has 41 heavy (non-hydrogen) atoms. The largest absolute Gasteiger partial charge is 0.322 e. The third-order valence-corrected chi connectivity index (χ3v) is 8.64. The Hall–Kier alpha value is -4.30. The third-order valence-electron chi connectivity index (χ3n) is 8.64. The molecule has 0 bridgehead atoms. The van der Waals surface area contributed by atoms with Gasteiger partial charge in [-0.15, -0.1) is 0 Å². The summed E-state index contributed by atoms with van der Waals surface area (Å²) in [6.45, 7) is 3.16. The summed E-state index contributed by atoms with van der Waals surface area (Å²) in [5.74, 6) is -0.400. The van der Waals surface area contributed by atoms with E-state index in [0.717, 1.165) is 43.7 Å². The summed E-state index contributed by atoms with van der Waals surface area (Å²) in [6, 6.07) is 23.0. The fourth-order valence-electron chi connectivity index (χ4n) is 6.29. The van der Waals surface area contributed by atoms with E-state index in [9.17, 15) is 19.2 Å². The van der Waals surface area contributed by atoms with Gasteiger partial charge < -0.3 is 9.80 Å². The zero-order chi connectivity index (χ0) is 28.5. The Morgan fingerprint density at radius 3 is 2.46 bits per heavy atom. The molecule has 0 aliphatic carbocycles. The van der Waals surface area contributed by atoms with E-state index in [-0.39, 0.29) is 30.0 Å². The number of hydrogen-bond acceptors (Lipinski definition) is 5. The van der Waals surface area contributed by atoms with Crippen LogP contribution in [0.25, 0.3) is 0 Å². The number of amides is 4. The van der Waals surface area contributed by atoms with Crippen LogP contribution in [0.4, 0.5) is 5.69 Å². The normalized spacial score (nSPS) is 19.7. The maximum absolute atomic E-state index is 13.0. The molecule has 6 rings (SSSR count). The molecule has 0 saturated carbocycles. The maximum Gasteiger partial charge on any atom is 0.258 e. The van der Waals surface area contributed by atoms with Gasteiger partial charge in [0.15, 0.2) is 0 Å². The van der Waals surface area contributed by atoms with Crippen molar-refractivity contribution in [3.8, 4) is 0 Å². The van der Waals surface area contributed by atoms with Crippen LogP contribution in [-0.2, 0) is 22.7 Å². The van der Waals surface area contributed by atoms with Crippen molar-refractivity contribution in [1.82, 2.24) is 15.1 Å². The average molecular weight is 551 g/mol. The van der Waals surface area contributed by atoms with E-state index in [0.29, 0.717) is 30.0 Å². The molecule has 3 heterocycles. The molecule has 4 amide bonds. The SMILES string of the molecule is CN(C(=O)c1ccccc1)c1cccc(CN2CCC(c3ccc4c(c3)CN(C3CCC(=O)NC3=O)C4=O)CC2)c1. The lowest BCUT2D eigenvalue weighted by Crippen LogP contribution is -2.52. The van der Waals surface area contributed by atoms with Crippen molar-refractivity contribution < 1.29 is 19.2 Å². The minimum absolute atomic E-state index is 0.0279. The van der Waals surface area contributed by atoms with Crippen molar-refractivity contribution in [2.75, 3.05) is 25.0 Å². The highest BCUT2D eigenvalue weighted by atomic mass is 16.2. The van der Waals surface area contributed by atoms with Crippen LogP contribution < -0.4 is 10.2 Å². The monoisotopic (exact) mass is 550 g/mol. The number of anilines is 1. The van der Waals surface area contributed by atoms with Crippen LogP contribution in [0, 0.1) is 0 Å². The summed E-state index contributed by atoms with van der Waals surface area (Å²) in [5, 5.41) is 2.36. The molecule has 1 atom stereocenters. The van der Waals surface area contributed by atoms with E-state index in [2.05, 4.69) is 34.5 Å². The molecule has 1 N–H and O–H groups in total. The molecule has 0 aromatic heterocycles. The van der Waals surface area contributed by atoms with Gasteiger partial charge in [0.2, 0.25) is 11.8 Å². The van der Waals surface area contributed by atoms with Crippen LogP contribution in [0.3, 0.4) is 0 Å².